The van der Waals surface area contributed by atoms with Crippen LogP contribution in [0.3, 0.4) is 0 Å². The van der Waals surface area contributed by atoms with E-state index in [1.54, 1.807) is 6.08 Å². The molecule has 1 rings (SSSR count). The van der Waals surface area contributed by atoms with Crippen LogP contribution in [-0.4, -0.2) is 49.1 Å². The molecular formula is C16H23N3O5S. The number of carbonyl (C=O) groups is 3. The van der Waals surface area contributed by atoms with Gasteiger partial charge >= 0.3 is 11.9 Å². The molecule has 25 heavy (non-hydrogen) atoms. The van der Waals surface area contributed by atoms with E-state index in [1.807, 2.05) is 13.8 Å². The minimum atomic E-state index is -0.782. The van der Waals surface area contributed by atoms with E-state index in [4.69, 9.17) is 4.74 Å². The second-order valence-electron chi connectivity index (χ2n) is 5.24. The molecule has 8 nitrogen and oxygen atoms in total. The van der Waals surface area contributed by atoms with Crippen molar-refractivity contribution in [3.63, 3.8) is 0 Å². The van der Waals surface area contributed by atoms with E-state index >= 15 is 0 Å². The molecule has 0 bridgehead atoms. The summed E-state index contributed by atoms with van der Waals surface area (Å²) in [6, 6.07) is -0.782. The lowest BCUT2D eigenvalue weighted by atomic mass is 9.99. The van der Waals surface area contributed by atoms with E-state index in [0.717, 1.165) is 0 Å². The summed E-state index contributed by atoms with van der Waals surface area (Å²) in [5.41, 5.74) is 0.107. The zero-order valence-electron chi connectivity index (χ0n) is 14.5. The second kappa shape index (κ2) is 10.4. The van der Waals surface area contributed by atoms with Gasteiger partial charge in [-0.3, -0.25) is 4.79 Å². The standard InChI is InChI=1S/C16H23N3O5S/c1-5-7-17-16-18-11(9-25-16)14(21)24-8-12(20)19-13(10(3)6-2)15(22)23-4/h5,9-10,13H,1,6-8H2,2-4H3,(H,17,18)(H,19,20). The van der Waals surface area contributed by atoms with Gasteiger partial charge in [-0.05, 0) is 5.92 Å². The van der Waals surface area contributed by atoms with E-state index < -0.39 is 30.5 Å². The summed E-state index contributed by atoms with van der Waals surface area (Å²) in [7, 11) is 1.25. The summed E-state index contributed by atoms with van der Waals surface area (Å²) in [5, 5.41) is 7.56. The fourth-order valence-corrected chi connectivity index (χ4v) is 2.51. The van der Waals surface area contributed by atoms with Crippen LogP contribution in [-0.2, 0) is 19.1 Å². The average molecular weight is 369 g/mol. The van der Waals surface area contributed by atoms with E-state index in [0.29, 0.717) is 18.1 Å². The van der Waals surface area contributed by atoms with E-state index in [2.05, 4.69) is 26.9 Å². The summed E-state index contributed by atoms with van der Waals surface area (Å²) in [6.45, 7) is 7.31. The molecule has 0 aliphatic heterocycles. The van der Waals surface area contributed by atoms with E-state index in [-0.39, 0.29) is 11.6 Å². The van der Waals surface area contributed by atoms with Gasteiger partial charge in [0.25, 0.3) is 5.91 Å². The lowest BCUT2D eigenvalue weighted by Gasteiger charge is -2.21. The van der Waals surface area contributed by atoms with Gasteiger partial charge in [0, 0.05) is 11.9 Å². The van der Waals surface area contributed by atoms with Crippen molar-refractivity contribution in [3.05, 3.63) is 23.7 Å². The third-order valence-electron chi connectivity index (χ3n) is 3.43. The van der Waals surface area contributed by atoms with Crippen molar-refractivity contribution in [1.82, 2.24) is 10.3 Å². The normalized spacial score (nSPS) is 12.6. The van der Waals surface area contributed by atoms with Crippen LogP contribution in [0.2, 0.25) is 0 Å². The highest BCUT2D eigenvalue weighted by Gasteiger charge is 2.27. The molecule has 2 N–H and O–H groups in total. The number of carbonyl (C=O) groups excluding carboxylic acids is 3. The molecule has 1 amide bonds. The summed E-state index contributed by atoms with van der Waals surface area (Å²) in [5.74, 6) is -1.93. The monoisotopic (exact) mass is 369 g/mol. The lowest BCUT2D eigenvalue weighted by Crippen LogP contribution is -2.47. The molecule has 9 heteroatoms. The van der Waals surface area contributed by atoms with E-state index in [9.17, 15) is 14.4 Å². The van der Waals surface area contributed by atoms with Crippen molar-refractivity contribution in [2.75, 3.05) is 25.6 Å². The Morgan fingerprint density at radius 1 is 1.44 bits per heavy atom. The first-order chi connectivity index (χ1) is 11.9. The maximum absolute atomic E-state index is 11.9. The van der Waals surface area contributed by atoms with Gasteiger partial charge in [0.15, 0.2) is 17.4 Å². The maximum atomic E-state index is 11.9. The number of hydrogen-bond acceptors (Lipinski definition) is 8. The highest BCUT2D eigenvalue weighted by molar-refractivity contribution is 7.13. The van der Waals surface area contributed by atoms with Crippen LogP contribution >= 0.6 is 11.3 Å². The summed E-state index contributed by atoms with van der Waals surface area (Å²) < 4.78 is 9.61. The molecule has 1 aromatic rings. The predicted octanol–water partition coefficient (Wildman–Crippen LogP) is 1.60. The van der Waals surface area contributed by atoms with Crippen LogP contribution in [0.15, 0.2) is 18.0 Å². The Morgan fingerprint density at radius 2 is 2.16 bits per heavy atom. The second-order valence-corrected chi connectivity index (χ2v) is 6.10. The molecule has 0 fully saturated rings. The van der Waals surface area contributed by atoms with Crippen molar-refractivity contribution < 1.29 is 23.9 Å². The third kappa shape index (κ3) is 6.54. The number of methoxy groups -OCH3 is 1. The molecule has 0 radical (unpaired) electrons. The van der Waals surface area contributed by atoms with Crippen molar-refractivity contribution in [2.45, 2.75) is 26.3 Å². The molecule has 1 heterocycles. The molecule has 138 valence electrons. The number of anilines is 1. The Labute approximate surface area is 150 Å². The van der Waals surface area contributed by atoms with Crippen LogP contribution < -0.4 is 10.6 Å². The Hall–Kier alpha value is -2.42. The van der Waals surface area contributed by atoms with Crippen LogP contribution in [0.4, 0.5) is 5.13 Å². The van der Waals surface area contributed by atoms with Gasteiger partial charge in [-0.2, -0.15) is 0 Å². The van der Waals surface area contributed by atoms with Gasteiger partial charge in [0.05, 0.1) is 7.11 Å². The Balaban J connectivity index is 2.53. The number of rotatable bonds is 10. The van der Waals surface area contributed by atoms with Gasteiger partial charge in [0.2, 0.25) is 0 Å². The predicted molar refractivity (Wildman–Crippen MR) is 94.5 cm³/mol. The topological polar surface area (TPSA) is 107 Å². The third-order valence-corrected chi connectivity index (χ3v) is 4.23. The first-order valence-electron chi connectivity index (χ1n) is 7.77. The summed E-state index contributed by atoms with van der Waals surface area (Å²) in [4.78, 5) is 39.6. The van der Waals surface area contributed by atoms with E-state index in [1.165, 1.54) is 23.8 Å². The van der Waals surface area contributed by atoms with Crippen LogP contribution in [0.1, 0.15) is 30.8 Å². The van der Waals surface area contributed by atoms with Gasteiger partial charge in [-0.15, -0.1) is 17.9 Å². The summed E-state index contributed by atoms with van der Waals surface area (Å²) >= 11 is 1.24. The number of nitrogens with one attached hydrogen (secondary N) is 2. The molecule has 1 aromatic heterocycles. The van der Waals surface area contributed by atoms with Gasteiger partial charge in [-0.1, -0.05) is 26.3 Å². The number of hydrogen-bond donors (Lipinski definition) is 2. The SMILES string of the molecule is C=CCNc1nc(C(=O)OCC(=O)NC(C(=O)OC)C(C)CC)cs1. The molecule has 2 atom stereocenters. The van der Waals surface area contributed by atoms with Gasteiger partial charge < -0.3 is 20.1 Å². The minimum absolute atomic E-state index is 0.107. The van der Waals surface area contributed by atoms with Crippen molar-refractivity contribution in [2.24, 2.45) is 5.92 Å². The highest BCUT2D eigenvalue weighted by Crippen LogP contribution is 2.15. The average Bonchev–Trinajstić information content (AvgIpc) is 3.10. The zero-order chi connectivity index (χ0) is 18.8. The number of nitrogens with zero attached hydrogens (tertiary/aromatic N) is 1. The number of amides is 1. The Bertz CT molecular complexity index is 617. The largest absolute Gasteiger partial charge is 0.467 e. The van der Waals surface area contributed by atoms with Crippen molar-refractivity contribution >= 4 is 34.3 Å². The molecule has 2 unspecified atom stereocenters. The molecule has 0 saturated carbocycles. The van der Waals surface area contributed by atoms with Crippen LogP contribution in [0.25, 0.3) is 0 Å². The fraction of sp³-hybridized carbons (Fsp3) is 0.500. The smallest absolute Gasteiger partial charge is 0.358 e. The summed E-state index contributed by atoms with van der Waals surface area (Å²) in [6.07, 6.45) is 2.35. The minimum Gasteiger partial charge on any atom is -0.467 e. The maximum Gasteiger partial charge on any atom is 0.358 e. The Morgan fingerprint density at radius 3 is 2.76 bits per heavy atom. The first kappa shape index (κ1) is 20.6. The quantitative estimate of drug-likeness (QED) is 0.476. The van der Waals surface area contributed by atoms with Gasteiger partial charge in [-0.25, -0.2) is 14.6 Å². The molecule has 0 aliphatic carbocycles. The number of thiazole rings is 1. The molecule has 0 aliphatic rings. The van der Waals surface area contributed by atoms with Crippen LogP contribution in [0.5, 0.6) is 0 Å². The molecule has 0 saturated heterocycles. The van der Waals surface area contributed by atoms with Crippen LogP contribution in [0, 0.1) is 5.92 Å². The lowest BCUT2D eigenvalue weighted by molar-refractivity contribution is -0.147. The number of aromatic nitrogens is 1. The molecular weight excluding hydrogens is 346 g/mol. The fourth-order valence-electron chi connectivity index (χ4n) is 1.82. The van der Waals surface area contributed by atoms with Gasteiger partial charge in [0.1, 0.15) is 6.04 Å². The molecule has 0 spiro atoms. The molecule has 0 aromatic carbocycles. The van der Waals surface area contributed by atoms with Crippen molar-refractivity contribution in [1.29, 1.82) is 0 Å². The number of ether oxygens (including phenoxy) is 2. The Kier molecular flexibility index (Phi) is 8.62. The first-order valence-corrected chi connectivity index (χ1v) is 8.65. The number of esters is 2. The van der Waals surface area contributed by atoms with Crippen molar-refractivity contribution in [3.8, 4) is 0 Å². The zero-order valence-corrected chi connectivity index (χ0v) is 15.4. The highest BCUT2D eigenvalue weighted by atomic mass is 32.1.